The summed E-state index contributed by atoms with van der Waals surface area (Å²) in [6.07, 6.45) is 0.944. The number of hydrogen-bond acceptors (Lipinski definition) is 4. The first-order chi connectivity index (χ1) is 9.45. The Morgan fingerprint density at radius 2 is 2.25 bits per heavy atom. The molecule has 0 fully saturated rings. The summed E-state index contributed by atoms with van der Waals surface area (Å²) in [6, 6.07) is 7.12. The van der Waals surface area contributed by atoms with Crippen LogP contribution in [0.3, 0.4) is 0 Å². The second kappa shape index (κ2) is 6.07. The number of para-hydroxylation sites is 1. The lowest BCUT2D eigenvalue weighted by Crippen LogP contribution is -2.43. The molecule has 5 nitrogen and oxygen atoms in total. The summed E-state index contributed by atoms with van der Waals surface area (Å²) in [6.45, 7) is 2.23. The van der Waals surface area contributed by atoms with Gasteiger partial charge in [-0.1, -0.05) is 37.3 Å². The Morgan fingerprint density at radius 3 is 2.90 bits per heavy atom. The molecule has 1 aliphatic rings. The first-order valence-electron chi connectivity index (χ1n) is 6.48. The van der Waals surface area contributed by atoms with Gasteiger partial charge >= 0.3 is 0 Å². The second-order valence-electron chi connectivity index (χ2n) is 4.69. The van der Waals surface area contributed by atoms with E-state index in [2.05, 4.69) is 4.72 Å². The lowest BCUT2D eigenvalue weighted by Gasteiger charge is -2.28. The summed E-state index contributed by atoms with van der Waals surface area (Å²) in [4.78, 5) is 0.000319. The van der Waals surface area contributed by atoms with Crippen LogP contribution in [-0.2, 0) is 10.0 Å². The fourth-order valence-electron chi connectivity index (χ4n) is 2.32. The van der Waals surface area contributed by atoms with Gasteiger partial charge < -0.3 is 10.5 Å². The molecule has 0 amide bonds. The molecule has 0 saturated carbocycles. The molecule has 0 spiro atoms. The van der Waals surface area contributed by atoms with E-state index in [1.165, 1.54) is 0 Å². The Kier molecular flexibility index (Phi) is 4.62. The minimum Gasteiger partial charge on any atom is -0.493 e. The van der Waals surface area contributed by atoms with Gasteiger partial charge in [0.15, 0.2) is 0 Å². The van der Waals surface area contributed by atoms with E-state index in [0.29, 0.717) is 19.4 Å². The topological polar surface area (TPSA) is 81.4 Å². The number of nitrogens with two attached hydrogens (primary N) is 1. The summed E-state index contributed by atoms with van der Waals surface area (Å²) in [5, 5.41) is -0.840. The van der Waals surface area contributed by atoms with Gasteiger partial charge in [0.05, 0.1) is 17.6 Å². The predicted molar refractivity (Wildman–Crippen MR) is 82.2 cm³/mol. The molecule has 1 heterocycles. The molecule has 3 N–H and O–H groups in total. The predicted octanol–water partition coefficient (Wildman–Crippen LogP) is 1.49. The molecule has 0 bridgehead atoms. The molecule has 1 aromatic rings. The van der Waals surface area contributed by atoms with E-state index in [1.807, 2.05) is 24.3 Å². The highest BCUT2D eigenvalue weighted by Gasteiger charge is 2.31. The normalized spacial score (nSPS) is 19.8. The van der Waals surface area contributed by atoms with Crippen molar-refractivity contribution in [3.63, 3.8) is 0 Å². The highest BCUT2D eigenvalue weighted by molar-refractivity contribution is 7.93. The molecule has 0 radical (unpaired) electrons. The zero-order valence-corrected chi connectivity index (χ0v) is 12.8. The zero-order valence-electron chi connectivity index (χ0n) is 11.2. The quantitative estimate of drug-likeness (QED) is 0.805. The van der Waals surface area contributed by atoms with E-state index in [4.69, 9.17) is 22.7 Å². The number of fused-ring (bicyclic) bond motifs is 1. The SMILES string of the molecule is CCC(C(N)=S)S(=O)(=O)NC1CCOc2ccccc21. The number of thiocarbonyl (C=S) groups is 1. The molecular weight excluding hydrogens is 296 g/mol. The molecule has 1 aliphatic heterocycles. The summed E-state index contributed by atoms with van der Waals surface area (Å²) < 4.78 is 32.9. The van der Waals surface area contributed by atoms with Crippen molar-refractivity contribution in [2.45, 2.75) is 31.1 Å². The zero-order chi connectivity index (χ0) is 14.8. The first-order valence-corrected chi connectivity index (χ1v) is 8.43. The minimum absolute atomic E-state index is 0.000319. The van der Waals surface area contributed by atoms with Crippen molar-refractivity contribution >= 4 is 27.2 Å². The van der Waals surface area contributed by atoms with Crippen LogP contribution in [-0.4, -0.2) is 25.3 Å². The van der Waals surface area contributed by atoms with Gasteiger partial charge in [-0.15, -0.1) is 0 Å². The van der Waals surface area contributed by atoms with E-state index < -0.39 is 15.3 Å². The van der Waals surface area contributed by atoms with Crippen LogP contribution >= 0.6 is 12.2 Å². The molecule has 1 aromatic carbocycles. The van der Waals surface area contributed by atoms with E-state index in [1.54, 1.807) is 6.92 Å². The summed E-state index contributed by atoms with van der Waals surface area (Å²) in [5.74, 6) is 0.717. The maximum Gasteiger partial charge on any atom is 0.221 e. The average Bonchev–Trinajstić information content (AvgIpc) is 2.38. The van der Waals surface area contributed by atoms with Crippen LogP contribution in [0.5, 0.6) is 5.75 Å². The molecule has 110 valence electrons. The lowest BCUT2D eigenvalue weighted by molar-refractivity contribution is 0.263. The van der Waals surface area contributed by atoms with Crippen molar-refractivity contribution < 1.29 is 13.2 Å². The second-order valence-corrected chi connectivity index (χ2v) is 7.06. The molecule has 0 aliphatic carbocycles. The van der Waals surface area contributed by atoms with E-state index in [-0.39, 0.29) is 11.0 Å². The number of ether oxygens (including phenoxy) is 1. The number of nitrogens with one attached hydrogen (secondary N) is 1. The van der Waals surface area contributed by atoms with Crippen LogP contribution in [0.1, 0.15) is 31.4 Å². The fourth-order valence-corrected chi connectivity index (χ4v) is 4.42. The van der Waals surface area contributed by atoms with Gasteiger partial charge in [0.25, 0.3) is 0 Å². The van der Waals surface area contributed by atoms with Crippen molar-refractivity contribution in [3.05, 3.63) is 29.8 Å². The molecule has 2 atom stereocenters. The van der Waals surface area contributed by atoms with Crippen molar-refractivity contribution in [2.75, 3.05) is 6.61 Å². The van der Waals surface area contributed by atoms with Crippen LogP contribution in [0.4, 0.5) is 0 Å². The molecule has 2 unspecified atom stereocenters. The van der Waals surface area contributed by atoms with Gasteiger partial charge in [-0.05, 0) is 12.5 Å². The first kappa shape index (κ1) is 15.2. The Hall–Kier alpha value is -1.18. The lowest BCUT2D eigenvalue weighted by atomic mass is 10.0. The van der Waals surface area contributed by atoms with Crippen molar-refractivity contribution in [2.24, 2.45) is 5.73 Å². The maximum atomic E-state index is 12.4. The highest BCUT2D eigenvalue weighted by atomic mass is 32.2. The third kappa shape index (κ3) is 3.11. The maximum absolute atomic E-state index is 12.4. The van der Waals surface area contributed by atoms with Gasteiger partial charge in [0.2, 0.25) is 10.0 Å². The minimum atomic E-state index is -3.59. The Morgan fingerprint density at radius 1 is 1.55 bits per heavy atom. The van der Waals surface area contributed by atoms with Crippen LogP contribution in [0.25, 0.3) is 0 Å². The summed E-state index contributed by atoms with van der Waals surface area (Å²) >= 11 is 4.84. The molecule has 7 heteroatoms. The fraction of sp³-hybridized carbons (Fsp3) is 0.462. The van der Waals surface area contributed by atoms with E-state index in [0.717, 1.165) is 11.3 Å². The molecule has 2 rings (SSSR count). The third-order valence-electron chi connectivity index (χ3n) is 3.33. The number of rotatable bonds is 5. The van der Waals surface area contributed by atoms with Crippen LogP contribution in [0.2, 0.25) is 0 Å². The highest BCUT2D eigenvalue weighted by Crippen LogP contribution is 2.32. The van der Waals surface area contributed by atoms with Gasteiger partial charge in [-0.3, -0.25) is 0 Å². The average molecular weight is 314 g/mol. The number of hydrogen-bond donors (Lipinski definition) is 2. The smallest absolute Gasteiger partial charge is 0.221 e. The van der Waals surface area contributed by atoms with E-state index in [9.17, 15) is 8.42 Å². The van der Waals surface area contributed by atoms with Crippen LogP contribution in [0, 0.1) is 0 Å². The Bertz CT molecular complexity index is 601. The third-order valence-corrected chi connectivity index (χ3v) is 5.71. The van der Waals surface area contributed by atoms with Gasteiger partial charge in [-0.2, -0.15) is 0 Å². The number of benzene rings is 1. The van der Waals surface area contributed by atoms with Gasteiger partial charge in [-0.25, -0.2) is 13.1 Å². The van der Waals surface area contributed by atoms with Crippen molar-refractivity contribution in [1.29, 1.82) is 0 Å². The Balaban J connectivity index is 2.25. The molecule has 20 heavy (non-hydrogen) atoms. The monoisotopic (exact) mass is 314 g/mol. The van der Waals surface area contributed by atoms with Crippen molar-refractivity contribution in [3.8, 4) is 5.75 Å². The van der Waals surface area contributed by atoms with E-state index >= 15 is 0 Å². The van der Waals surface area contributed by atoms with Crippen LogP contribution < -0.4 is 15.2 Å². The molecular formula is C13H18N2O3S2. The molecule has 0 aromatic heterocycles. The van der Waals surface area contributed by atoms with Crippen molar-refractivity contribution in [1.82, 2.24) is 4.72 Å². The largest absolute Gasteiger partial charge is 0.493 e. The molecule has 0 saturated heterocycles. The van der Waals surface area contributed by atoms with Crippen LogP contribution in [0.15, 0.2) is 24.3 Å². The van der Waals surface area contributed by atoms with Gasteiger partial charge in [0, 0.05) is 12.0 Å². The summed E-state index contributed by atoms with van der Waals surface area (Å²) in [7, 11) is -3.59. The Labute approximate surface area is 124 Å². The summed E-state index contributed by atoms with van der Waals surface area (Å²) in [5.41, 5.74) is 6.37. The van der Waals surface area contributed by atoms with Gasteiger partial charge in [0.1, 0.15) is 11.0 Å². The standard InChI is InChI=1S/C13H18N2O3S2/c1-2-12(13(14)19)20(16,17)15-10-7-8-18-11-6-4-3-5-9(10)11/h3-6,10,12,15H,2,7-8H2,1H3,(H2,14,19). The number of sulfonamides is 1.